The maximum Gasteiger partial charge on any atom is 0.339 e. The molecule has 3 aromatic heterocycles. The summed E-state index contributed by atoms with van der Waals surface area (Å²) in [6.07, 6.45) is 2.24. The molecule has 0 radical (unpaired) electrons. The van der Waals surface area contributed by atoms with Crippen LogP contribution in [0.4, 0.5) is 0 Å². The lowest BCUT2D eigenvalue weighted by atomic mass is 10.2. The maximum absolute atomic E-state index is 11.3. The minimum Gasteiger partial charge on any atom is -0.478 e. The van der Waals surface area contributed by atoms with Crippen LogP contribution in [0.5, 0.6) is 0 Å². The summed E-state index contributed by atoms with van der Waals surface area (Å²) in [4.78, 5) is 30.4. The third-order valence-electron chi connectivity index (χ3n) is 2.63. The number of aldehydes is 1. The van der Waals surface area contributed by atoms with Gasteiger partial charge in [0.05, 0.1) is 0 Å². The van der Waals surface area contributed by atoms with E-state index >= 15 is 0 Å². The topological polar surface area (TPSA) is 85.1 Å². The van der Waals surface area contributed by atoms with Gasteiger partial charge >= 0.3 is 5.97 Å². The van der Waals surface area contributed by atoms with E-state index in [1.807, 2.05) is 0 Å². The van der Waals surface area contributed by atoms with Crippen LogP contribution in [-0.2, 0) is 0 Å². The van der Waals surface area contributed by atoms with Gasteiger partial charge in [-0.2, -0.15) is 0 Å². The molecule has 6 nitrogen and oxygen atoms in total. The Kier molecular flexibility index (Phi) is 2.60. The van der Waals surface area contributed by atoms with E-state index in [1.54, 1.807) is 23.7 Å². The summed E-state index contributed by atoms with van der Waals surface area (Å²) in [5.41, 5.74) is 0.871. The molecule has 0 bridgehead atoms. The molecule has 0 saturated heterocycles. The first kappa shape index (κ1) is 11.5. The second-order valence-corrected chi connectivity index (χ2v) is 4.59. The highest BCUT2D eigenvalue weighted by Crippen LogP contribution is 2.23. The van der Waals surface area contributed by atoms with Gasteiger partial charge in [0.1, 0.15) is 11.3 Å². The van der Waals surface area contributed by atoms with Crippen LogP contribution >= 0.6 is 11.5 Å². The Hall–Kier alpha value is -2.54. The van der Waals surface area contributed by atoms with Gasteiger partial charge in [0, 0.05) is 17.0 Å². The molecule has 3 heterocycles. The number of carbonyl (C=O) groups is 2. The third-order valence-corrected chi connectivity index (χ3v) is 3.57. The second kappa shape index (κ2) is 4.29. The van der Waals surface area contributed by atoms with E-state index in [2.05, 4.69) is 9.97 Å². The fourth-order valence-corrected chi connectivity index (χ4v) is 2.39. The Balaban J connectivity index is 2.31. The van der Waals surface area contributed by atoms with Gasteiger partial charge in [0.2, 0.25) is 0 Å². The van der Waals surface area contributed by atoms with E-state index in [4.69, 9.17) is 0 Å². The predicted octanol–water partition coefficient (Wildman–Crippen LogP) is 1.99. The Bertz CT molecular complexity index is 790. The van der Waals surface area contributed by atoms with Crippen LogP contribution in [0.2, 0.25) is 0 Å². The Labute approximate surface area is 111 Å². The molecule has 0 aliphatic carbocycles. The maximum atomic E-state index is 11.3. The number of hydrogen-bond donors (Lipinski definition) is 1. The number of carboxylic acids is 1. The molecule has 7 heteroatoms. The van der Waals surface area contributed by atoms with Crippen LogP contribution in [-0.4, -0.2) is 31.3 Å². The van der Waals surface area contributed by atoms with Crippen LogP contribution in [0.25, 0.3) is 16.9 Å². The van der Waals surface area contributed by atoms with Crippen molar-refractivity contribution in [1.29, 1.82) is 0 Å². The van der Waals surface area contributed by atoms with E-state index in [1.165, 1.54) is 21.6 Å². The molecule has 0 saturated carbocycles. The molecule has 3 aromatic rings. The average Bonchev–Trinajstić information content (AvgIpc) is 2.37. The smallest absolute Gasteiger partial charge is 0.339 e. The van der Waals surface area contributed by atoms with Gasteiger partial charge < -0.3 is 5.11 Å². The number of carbonyl (C=O) groups excluding carboxylic acids is 1. The van der Waals surface area contributed by atoms with E-state index < -0.39 is 5.97 Å². The van der Waals surface area contributed by atoms with Crippen molar-refractivity contribution in [3.63, 3.8) is 0 Å². The lowest BCUT2D eigenvalue weighted by molar-refractivity contribution is 0.0696. The summed E-state index contributed by atoms with van der Waals surface area (Å²) in [6.45, 7) is 0. The number of pyridine rings is 2. The molecule has 0 unspecified atom stereocenters. The quantitative estimate of drug-likeness (QED) is 0.738. The van der Waals surface area contributed by atoms with Crippen molar-refractivity contribution in [2.24, 2.45) is 0 Å². The van der Waals surface area contributed by atoms with Gasteiger partial charge in [0.15, 0.2) is 17.8 Å². The first-order valence-corrected chi connectivity index (χ1v) is 6.15. The zero-order chi connectivity index (χ0) is 13.4. The number of aromatic carboxylic acids is 1. The minimum absolute atomic E-state index is 0.0421. The van der Waals surface area contributed by atoms with E-state index in [0.29, 0.717) is 23.0 Å². The summed E-state index contributed by atoms with van der Waals surface area (Å²) >= 11 is 1.22. The highest BCUT2D eigenvalue weighted by Gasteiger charge is 2.18. The molecule has 0 fully saturated rings. The van der Waals surface area contributed by atoms with Crippen molar-refractivity contribution < 1.29 is 14.7 Å². The van der Waals surface area contributed by atoms with E-state index in [9.17, 15) is 14.7 Å². The van der Waals surface area contributed by atoms with Gasteiger partial charge in [0.25, 0.3) is 0 Å². The monoisotopic (exact) mass is 273 g/mol. The van der Waals surface area contributed by atoms with Crippen molar-refractivity contribution >= 4 is 34.8 Å². The number of rotatable bonds is 3. The molecule has 94 valence electrons. The van der Waals surface area contributed by atoms with Crippen LogP contribution in [0.1, 0.15) is 20.8 Å². The standard InChI is InChI=1S/C12H7N3O3S/c16-5-8-6-19-15(8)11-9(12(17)18)4-7-2-1-3-13-10(7)14-11/h1-6H,(H,17,18). The van der Waals surface area contributed by atoms with Gasteiger partial charge in [-0.25, -0.2) is 18.7 Å². The summed E-state index contributed by atoms with van der Waals surface area (Å²) in [5, 5.41) is 11.5. The zero-order valence-corrected chi connectivity index (χ0v) is 10.3. The predicted molar refractivity (Wildman–Crippen MR) is 69.1 cm³/mol. The van der Waals surface area contributed by atoms with E-state index in [0.717, 1.165) is 0 Å². The summed E-state index contributed by atoms with van der Waals surface area (Å²) < 4.78 is 1.48. The third kappa shape index (κ3) is 1.80. The molecule has 3 rings (SSSR count). The SMILES string of the molecule is O=Cc1csn1-c1nc2ncccc2cc1C(=O)O. The molecule has 1 N–H and O–H groups in total. The number of hydrogen-bond acceptors (Lipinski definition) is 5. The molecular formula is C12H7N3O3S. The lowest BCUT2D eigenvalue weighted by Crippen LogP contribution is -2.12. The van der Waals surface area contributed by atoms with Gasteiger partial charge in [-0.15, -0.1) is 0 Å². The first-order chi connectivity index (χ1) is 9.20. The highest BCUT2D eigenvalue weighted by molar-refractivity contribution is 7.06. The van der Waals surface area contributed by atoms with E-state index in [-0.39, 0.29) is 11.4 Å². The van der Waals surface area contributed by atoms with Crippen molar-refractivity contribution in [3.05, 3.63) is 41.0 Å². The Morgan fingerprint density at radius 2 is 2.32 bits per heavy atom. The average molecular weight is 273 g/mol. The molecule has 0 aromatic carbocycles. The highest BCUT2D eigenvalue weighted by atomic mass is 32.1. The molecule has 0 atom stereocenters. The largest absolute Gasteiger partial charge is 0.478 e. The normalized spacial score (nSPS) is 10.7. The van der Waals surface area contributed by atoms with Crippen LogP contribution in [0.3, 0.4) is 0 Å². The zero-order valence-electron chi connectivity index (χ0n) is 9.48. The van der Waals surface area contributed by atoms with Gasteiger partial charge in [-0.1, -0.05) is 11.5 Å². The first-order valence-electron chi connectivity index (χ1n) is 5.32. The van der Waals surface area contributed by atoms with Crippen LogP contribution in [0, 0.1) is 0 Å². The molecule has 0 spiro atoms. The van der Waals surface area contributed by atoms with Gasteiger partial charge in [-0.3, -0.25) is 4.79 Å². The fraction of sp³-hybridized carbons (Fsp3) is 0. The number of carboxylic acid groups (broad SMARTS) is 1. The van der Waals surface area contributed by atoms with Crippen LogP contribution in [0.15, 0.2) is 29.8 Å². The number of aromatic nitrogens is 3. The summed E-state index contributed by atoms with van der Waals surface area (Å²) in [5.74, 6) is -0.876. The van der Waals surface area contributed by atoms with Crippen molar-refractivity contribution in [2.45, 2.75) is 0 Å². The van der Waals surface area contributed by atoms with Gasteiger partial charge in [-0.05, 0) is 18.2 Å². The summed E-state index contributed by atoms with van der Waals surface area (Å²) in [6, 6.07) is 4.96. The number of nitrogens with zero attached hydrogens (tertiary/aromatic N) is 3. The summed E-state index contributed by atoms with van der Waals surface area (Å²) in [7, 11) is 0. The van der Waals surface area contributed by atoms with Crippen molar-refractivity contribution in [1.82, 2.24) is 13.9 Å². The molecule has 0 aliphatic heterocycles. The van der Waals surface area contributed by atoms with Crippen LogP contribution < -0.4 is 0 Å². The Morgan fingerprint density at radius 1 is 1.47 bits per heavy atom. The molecule has 0 aliphatic rings. The minimum atomic E-state index is -1.09. The van der Waals surface area contributed by atoms with Crippen molar-refractivity contribution in [2.75, 3.05) is 0 Å². The fourth-order valence-electron chi connectivity index (χ4n) is 1.72. The lowest BCUT2D eigenvalue weighted by Gasteiger charge is -2.13. The molecule has 19 heavy (non-hydrogen) atoms. The molecular weight excluding hydrogens is 266 g/mol. The second-order valence-electron chi connectivity index (χ2n) is 3.78. The Morgan fingerprint density at radius 3 is 2.95 bits per heavy atom. The number of fused-ring (bicyclic) bond motifs is 1. The molecule has 0 amide bonds. The van der Waals surface area contributed by atoms with Crippen molar-refractivity contribution in [3.8, 4) is 5.82 Å².